The standard InChI is InChI=1S/C21H23FN4O2/c1-14(2)19(20-23-13-24-26(20)3)25-21(27)16-7-5-9-18(11-16)28-12-15-6-4-8-17(22)10-15/h4-11,13-14,19H,12H2,1-3H3,(H,25,27)/t19-/m1/s1. The van der Waals surface area contributed by atoms with Gasteiger partial charge in [0.25, 0.3) is 5.91 Å². The van der Waals surface area contributed by atoms with Crippen molar-refractivity contribution >= 4 is 5.91 Å². The number of hydrogen-bond donors (Lipinski definition) is 1. The van der Waals surface area contributed by atoms with Crippen LogP contribution in [0.15, 0.2) is 54.9 Å². The molecular formula is C21H23FN4O2. The van der Waals surface area contributed by atoms with Gasteiger partial charge in [-0.25, -0.2) is 9.37 Å². The van der Waals surface area contributed by atoms with Crippen LogP contribution >= 0.6 is 0 Å². The van der Waals surface area contributed by atoms with E-state index in [9.17, 15) is 9.18 Å². The number of amides is 1. The number of benzene rings is 2. The maximum absolute atomic E-state index is 13.3. The van der Waals surface area contributed by atoms with E-state index in [-0.39, 0.29) is 30.3 Å². The van der Waals surface area contributed by atoms with E-state index in [0.717, 1.165) is 5.56 Å². The highest BCUT2D eigenvalue weighted by molar-refractivity contribution is 5.94. The third-order valence-corrected chi connectivity index (χ3v) is 4.37. The molecule has 1 N–H and O–H groups in total. The molecule has 146 valence electrons. The number of aromatic nitrogens is 3. The van der Waals surface area contributed by atoms with Gasteiger partial charge in [0.15, 0.2) is 0 Å². The van der Waals surface area contributed by atoms with Crippen LogP contribution in [-0.2, 0) is 13.7 Å². The summed E-state index contributed by atoms with van der Waals surface area (Å²) in [5.74, 6) is 0.841. The Labute approximate surface area is 163 Å². The topological polar surface area (TPSA) is 69.0 Å². The number of nitrogens with zero attached hydrogens (tertiary/aromatic N) is 3. The fraction of sp³-hybridized carbons (Fsp3) is 0.286. The van der Waals surface area contributed by atoms with Crippen LogP contribution in [0.25, 0.3) is 0 Å². The molecule has 6 nitrogen and oxygen atoms in total. The van der Waals surface area contributed by atoms with Crippen molar-refractivity contribution in [3.05, 3.63) is 77.6 Å². The van der Waals surface area contributed by atoms with Gasteiger partial charge >= 0.3 is 0 Å². The summed E-state index contributed by atoms with van der Waals surface area (Å²) in [4.78, 5) is 17.0. The van der Waals surface area contributed by atoms with Crippen LogP contribution < -0.4 is 10.1 Å². The molecule has 0 fully saturated rings. The second kappa shape index (κ2) is 8.65. The lowest BCUT2D eigenvalue weighted by Gasteiger charge is -2.21. The third kappa shape index (κ3) is 4.73. The molecule has 0 spiro atoms. The second-order valence-corrected chi connectivity index (χ2v) is 6.88. The van der Waals surface area contributed by atoms with Crippen molar-refractivity contribution < 1.29 is 13.9 Å². The van der Waals surface area contributed by atoms with Gasteiger partial charge in [0.2, 0.25) is 0 Å². The Morgan fingerprint density at radius 2 is 2.00 bits per heavy atom. The van der Waals surface area contributed by atoms with Crippen LogP contribution in [0.4, 0.5) is 4.39 Å². The first kappa shape index (κ1) is 19.5. The SMILES string of the molecule is CC(C)[C@@H](NC(=O)c1cccc(OCc2cccc(F)c2)c1)c1ncnn1C. The molecule has 0 aliphatic carbocycles. The maximum Gasteiger partial charge on any atom is 0.252 e. The van der Waals surface area contributed by atoms with Crippen molar-refractivity contribution in [3.63, 3.8) is 0 Å². The van der Waals surface area contributed by atoms with Gasteiger partial charge in [-0.2, -0.15) is 5.10 Å². The summed E-state index contributed by atoms with van der Waals surface area (Å²) in [6, 6.07) is 12.9. The van der Waals surface area contributed by atoms with Crippen molar-refractivity contribution in [1.29, 1.82) is 0 Å². The average Bonchev–Trinajstić information content (AvgIpc) is 3.10. The zero-order valence-corrected chi connectivity index (χ0v) is 16.1. The molecule has 0 aliphatic rings. The molecule has 0 bridgehead atoms. The summed E-state index contributed by atoms with van der Waals surface area (Å²) >= 11 is 0. The van der Waals surface area contributed by atoms with E-state index in [1.165, 1.54) is 18.5 Å². The number of hydrogen-bond acceptors (Lipinski definition) is 4. The minimum atomic E-state index is -0.308. The molecule has 0 aliphatic heterocycles. The Morgan fingerprint density at radius 3 is 2.68 bits per heavy atom. The van der Waals surface area contributed by atoms with Gasteiger partial charge in [-0.15, -0.1) is 0 Å². The molecule has 0 saturated heterocycles. The number of nitrogens with one attached hydrogen (secondary N) is 1. The quantitative estimate of drug-likeness (QED) is 0.677. The average molecular weight is 382 g/mol. The maximum atomic E-state index is 13.3. The molecule has 3 aromatic rings. The number of halogens is 1. The lowest BCUT2D eigenvalue weighted by atomic mass is 10.0. The zero-order valence-electron chi connectivity index (χ0n) is 16.1. The lowest BCUT2D eigenvalue weighted by molar-refractivity contribution is 0.0921. The molecule has 1 amide bonds. The fourth-order valence-corrected chi connectivity index (χ4v) is 2.86. The summed E-state index contributed by atoms with van der Waals surface area (Å²) < 4.78 is 20.6. The van der Waals surface area contributed by atoms with E-state index < -0.39 is 0 Å². The number of aryl methyl sites for hydroxylation is 1. The number of rotatable bonds is 7. The van der Waals surface area contributed by atoms with Crippen molar-refractivity contribution in [2.24, 2.45) is 13.0 Å². The van der Waals surface area contributed by atoms with Crippen LogP contribution in [0, 0.1) is 11.7 Å². The smallest absolute Gasteiger partial charge is 0.252 e. The molecule has 0 saturated carbocycles. The molecule has 2 aromatic carbocycles. The van der Waals surface area contributed by atoms with Crippen LogP contribution in [0.3, 0.4) is 0 Å². The van der Waals surface area contributed by atoms with E-state index in [1.807, 2.05) is 13.8 Å². The molecule has 28 heavy (non-hydrogen) atoms. The molecule has 3 rings (SSSR count). The fourth-order valence-electron chi connectivity index (χ4n) is 2.86. The van der Waals surface area contributed by atoms with Gasteiger partial charge in [0, 0.05) is 12.6 Å². The minimum Gasteiger partial charge on any atom is -0.489 e. The first-order chi connectivity index (χ1) is 13.4. The third-order valence-electron chi connectivity index (χ3n) is 4.37. The lowest BCUT2D eigenvalue weighted by Crippen LogP contribution is -2.33. The summed E-state index contributed by atoms with van der Waals surface area (Å²) in [5.41, 5.74) is 1.20. The Kier molecular flexibility index (Phi) is 6.03. The van der Waals surface area contributed by atoms with Gasteiger partial charge in [-0.1, -0.05) is 32.0 Å². The Balaban J connectivity index is 1.70. The molecule has 1 atom stereocenters. The predicted octanol–water partition coefficient (Wildman–Crippen LogP) is 3.66. The van der Waals surface area contributed by atoms with E-state index in [2.05, 4.69) is 15.4 Å². The van der Waals surface area contributed by atoms with E-state index in [0.29, 0.717) is 17.1 Å². The van der Waals surface area contributed by atoms with Gasteiger partial charge in [0.1, 0.15) is 30.3 Å². The largest absolute Gasteiger partial charge is 0.489 e. The molecule has 1 heterocycles. The van der Waals surface area contributed by atoms with Crippen molar-refractivity contribution in [1.82, 2.24) is 20.1 Å². The van der Waals surface area contributed by atoms with Crippen LogP contribution in [0.1, 0.15) is 41.6 Å². The van der Waals surface area contributed by atoms with Crippen LogP contribution in [0.2, 0.25) is 0 Å². The zero-order chi connectivity index (χ0) is 20.1. The first-order valence-corrected chi connectivity index (χ1v) is 9.06. The second-order valence-electron chi connectivity index (χ2n) is 6.88. The molecule has 0 radical (unpaired) electrons. The number of carbonyl (C=O) groups is 1. The molecule has 0 unspecified atom stereocenters. The van der Waals surface area contributed by atoms with Gasteiger partial charge in [0.05, 0.1) is 6.04 Å². The highest BCUT2D eigenvalue weighted by atomic mass is 19.1. The summed E-state index contributed by atoms with van der Waals surface area (Å²) in [7, 11) is 1.80. The molecule has 7 heteroatoms. The van der Waals surface area contributed by atoms with Crippen molar-refractivity contribution in [3.8, 4) is 5.75 Å². The van der Waals surface area contributed by atoms with E-state index >= 15 is 0 Å². The Morgan fingerprint density at radius 1 is 1.21 bits per heavy atom. The monoisotopic (exact) mass is 382 g/mol. The summed E-state index contributed by atoms with van der Waals surface area (Å²) in [6.07, 6.45) is 1.47. The highest BCUT2D eigenvalue weighted by Gasteiger charge is 2.23. The molecular weight excluding hydrogens is 359 g/mol. The number of carbonyl (C=O) groups excluding carboxylic acids is 1. The van der Waals surface area contributed by atoms with Crippen LogP contribution in [-0.4, -0.2) is 20.7 Å². The van der Waals surface area contributed by atoms with Crippen LogP contribution in [0.5, 0.6) is 5.75 Å². The van der Waals surface area contributed by atoms with Gasteiger partial charge < -0.3 is 10.1 Å². The number of ether oxygens (including phenoxy) is 1. The Hall–Kier alpha value is -3.22. The Bertz CT molecular complexity index is 955. The highest BCUT2D eigenvalue weighted by Crippen LogP contribution is 2.21. The van der Waals surface area contributed by atoms with Crippen molar-refractivity contribution in [2.75, 3.05) is 0 Å². The normalized spacial score (nSPS) is 12.0. The van der Waals surface area contributed by atoms with Crippen molar-refractivity contribution in [2.45, 2.75) is 26.5 Å². The summed E-state index contributed by atoms with van der Waals surface area (Å²) in [5, 5.41) is 7.10. The minimum absolute atomic E-state index is 0.138. The first-order valence-electron chi connectivity index (χ1n) is 9.06. The summed E-state index contributed by atoms with van der Waals surface area (Å²) in [6.45, 7) is 4.24. The van der Waals surface area contributed by atoms with Gasteiger partial charge in [-0.05, 0) is 41.8 Å². The molecule has 1 aromatic heterocycles. The van der Waals surface area contributed by atoms with Gasteiger partial charge in [-0.3, -0.25) is 9.48 Å². The predicted molar refractivity (Wildman–Crippen MR) is 103 cm³/mol. The van der Waals surface area contributed by atoms with E-state index in [1.54, 1.807) is 48.1 Å². The van der Waals surface area contributed by atoms with E-state index in [4.69, 9.17) is 4.74 Å².